The summed E-state index contributed by atoms with van der Waals surface area (Å²) in [6, 6.07) is 6.70. The van der Waals surface area contributed by atoms with Gasteiger partial charge < -0.3 is 25.6 Å². The first-order valence-electron chi connectivity index (χ1n) is 10.8. The van der Waals surface area contributed by atoms with Gasteiger partial charge in [-0.3, -0.25) is 19.2 Å². The number of carbonyl (C=O) groups excluding carboxylic acids is 4. The molecule has 0 bridgehead atoms. The van der Waals surface area contributed by atoms with Crippen LogP contribution in [0.4, 0.5) is 11.4 Å². The Morgan fingerprint density at radius 1 is 0.943 bits per heavy atom. The first-order valence-corrected chi connectivity index (χ1v) is 10.8. The largest absolute Gasteiger partial charge is 0.507 e. The summed E-state index contributed by atoms with van der Waals surface area (Å²) in [5.74, 6) is -2.92. The first-order chi connectivity index (χ1) is 16.4. The Morgan fingerprint density at radius 3 is 2.06 bits per heavy atom. The van der Waals surface area contributed by atoms with Crippen LogP contribution < -0.4 is 15.4 Å². The fourth-order valence-corrected chi connectivity index (χ4v) is 4.48. The molecule has 1 amide bonds. The Hall–Kier alpha value is -4.40. The third kappa shape index (κ3) is 3.56. The van der Waals surface area contributed by atoms with Gasteiger partial charge in [0, 0.05) is 35.6 Å². The summed E-state index contributed by atoms with van der Waals surface area (Å²) in [5.41, 5.74) is -0.359. The van der Waals surface area contributed by atoms with Crippen molar-refractivity contribution in [2.24, 2.45) is 0 Å². The number of phenolic OH excluding ortho intramolecular Hbond substituents is 2. The number of allylic oxidation sites excluding steroid dienone is 4. The van der Waals surface area contributed by atoms with Crippen molar-refractivity contribution in [3.8, 4) is 17.2 Å². The van der Waals surface area contributed by atoms with Gasteiger partial charge >= 0.3 is 0 Å². The van der Waals surface area contributed by atoms with Crippen molar-refractivity contribution in [1.82, 2.24) is 0 Å². The molecule has 0 saturated heterocycles. The van der Waals surface area contributed by atoms with E-state index in [0.29, 0.717) is 11.4 Å². The molecule has 1 heterocycles. The van der Waals surface area contributed by atoms with Crippen LogP contribution in [0.2, 0.25) is 0 Å². The molecule has 0 unspecified atom stereocenters. The third-order valence-electron chi connectivity index (χ3n) is 6.30. The van der Waals surface area contributed by atoms with E-state index in [-0.39, 0.29) is 51.1 Å². The Bertz CT molecular complexity index is 1400. The summed E-state index contributed by atoms with van der Waals surface area (Å²) >= 11 is 0. The molecule has 0 spiro atoms. The number of anilines is 2. The van der Waals surface area contributed by atoms with Crippen LogP contribution in [0.1, 0.15) is 49.2 Å². The maximum Gasteiger partial charge on any atom is 0.221 e. The number of rotatable bonds is 4. The highest BCUT2D eigenvalue weighted by atomic mass is 16.5. The molecule has 2 aromatic rings. The normalized spacial score (nSPS) is 19.9. The van der Waals surface area contributed by atoms with Crippen molar-refractivity contribution in [2.75, 3.05) is 10.6 Å². The Morgan fingerprint density at radius 2 is 1.51 bits per heavy atom. The quantitative estimate of drug-likeness (QED) is 0.298. The Balaban J connectivity index is 1.81. The number of ketones is 3. The van der Waals surface area contributed by atoms with Crippen LogP contribution in [0.3, 0.4) is 0 Å². The molecule has 9 heteroatoms. The van der Waals surface area contributed by atoms with Crippen LogP contribution in [-0.4, -0.2) is 33.5 Å². The van der Waals surface area contributed by atoms with Crippen molar-refractivity contribution in [2.45, 2.75) is 40.0 Å². The summed E-state index contributed by atoms with van der Waals surface area (Å²) in [5, 5.41) is 27.0. The molecule has 1 atom stereocenters. The van der Waals surface area contributed by atoms with E-state index in [0.717, 1.165) is 6.08 Å². The molecule has 0 aromatic heterocycles. The van der Waals surface area contributed by atoms with E-state index >= 15 is 0 Å². The maximum atomic E-state index is 13.8. The molecule has 180 valence electrons. The molecule has 2 aliphatic rings. The summed E-state index contributed by atoms with van der Waals surface area (Å²) in [6.45, 7) is 7.14. The van der Waals surface area contributed by atoms with Crippen LogP contribution in [0.25, 0.3) is 0 Å². The average Bonchev–Trinajstić information content (AvgIpc) is 3.06. The number of phenols is 2. The number of benzene rings is 2. The van der Waals surface area contributed by atoms with E-state index in [9.17, 15) is 29.4 Å². The zero-order chi connectivity index (χ0) is 25.8. The number of hydrogen-bond acceptors (Lipinski definition) is 8. The fraction of sp³-hybridized carbons (Fsp3) is 0.231. The fourth-order valence-electron chi connectivity index (χ4n) is 4.48. The van der Waals surface area contributed by atoms with Gasteiger partial charge in [0.05, 0.1) is 11.1 Å². The van der Waals surface area contributed by atoms with Crippen LogP contribution >= 0.6 is 0 Å². The molecule has 2 aromatic carbocycles. The number of fused-ring (bicyclic) bond motifs is 3. The van der Waals surface area contributed by atoms with Gasteiger partial charge in [0.15, 0.2) is 17.3 Å². The minimum absolute atomic E-state index is 0.0264. The van der Waals surface area contributed by atoms with E-state index in [2.05, 4.69) is 10.6 Å². The molecule has 9 nitrogen and oxygen atoms in total. The standard InChI is InChI=1S/C26H24N2O7/c1-11-22(32)20(13(3)29)24-21(23(11)33)26(5)18(35-24)10-17(31)19(25(26)34)12(2)27-15-6-8-16(9-7-15)28-14(4)30/h6-10,27,32-33H,1-5H3,(H,28,30)/t26-/m0/s1. The van der Waals surface area contributed by atoms with Gasteiger partial charge in [-0.15, -0.1) is 0 Å². The van der Waals surface area contributed by atoms with Gasteiger partial charge in [0.1, 0.15) is 34.0 Å². The molecule has 35 heavy (non-hydrogen) atoms. The van der Waals surface area contributed by atoms with Gasteiger partial charge in [-0.25, -0.2) is 0 Å². The molecular formula is C26H24N2O7. The second kappa shape index (κ2) is 8.12. The van der Waals surface area contributed by atoms with Gasteiger partial charge in [-0.05, 0) is 52.0 Å². The lowest BCUT2D eigenvalue weighted by Crippen LogP contribution is -2.40. The summed E-state index contributed by atoms with van der Waals surface area (Å²) in [4.78, 5) is 50.3. The second-order valence-corrected chi connectivity index (χ2v) is 8.77. The van der Waals surface area contributed by atoms with Gasteiger partial charge in [0.2, 0.25) is 5.91 Å². The topological polar surface area (TPSA) is 142 Å². The van der Waals surface area contributed by atoms with Crippen LogP contribution in [-0.2, 0) is 19.8 Å². The van der Waals surface area contributed by atoms with Gasteiger partial charge in [-0.2, -0.15) is 0 Å². The molecule has 0 radical (unpaired) electrons. The molecule has 0 saturated carbocycles. The molecular weight excluding hydrogens is 452 g/mol. The third-order valence-corrected chi connectivity index (χ3v) is 6.30. The first kappa shape index (κ1) is 23.7. The van der Waals surface area contributed by atoms with Crippen LogP contribution in [0.15, 0.2) is 47.4 Å². The highest BCUT2D eigenvalue weighted by Gasteiger charge is 2.56. The number of ether oxygens (including phenoxy) is 1. The molecule has 1 aliphatic heterocycles. The number of Topliss-reactive ketones (excluding diaryl/α,β-unsaturated/α-hetero) is 2. The van der Waals surface area contributed by atoms with Crippen LogP contribution in [0.5, 0.6) is 17.2 Å². The highest BCUT2D eigenvalue weighted by Crippen LogP contribution is 2.57. The summed E-state index contributed by atoms with van der Waals surface area (Å²) in [6.07, 6.45) is 1.16. The molecule has 1 aliphatic carbocycles. The number of amides is 1. The molecule has 4 rings (SSSR count). The van der Waals surface area contributed by atoms with E-state index in [4.69, 9.17) is 4.74 Å². The van der Waals surface area contributed by atoms with E-state index in [1.807, 2.05) is 0 Å². The number of aromatic hydroxyl groups is 2. The Labute approximate surface area is 201 Å². The van der Waals surface area contributed by atoms with Crippen molar-refractivity contribution < 1.29 is 34.1 Å². The van der Waals surface area contributed by atoms with Crippen LogP contribution in [0, 0.1) is 6.92 Å². The lowest BCUT2D eigenvalue weighted by molar-refractivity contribution is -0.123. The molecule has 4 N–H and O–H groups in total. The number of carbonyl (C=O) groups is 4. The molecule has 0 fully saturated rings. The zero-order valence-corrected chi connectivity index (χ0v) is 19.8. The average molecular weight is 476 g/mol. The predicted octanol–water partition coefficient (Wildman–Crippen LogP) is 3.64. The zero-order valence-electron chi connectivity index (χ0n) is 19.8. The van der Waals surface area contributed by atoms with E-state index in [1.165, 1.54) is 27.7 Å². The van der Waals surface area contributed by atoms with E-state index < -0.39 is 28.5 Å². The minimum Gasteiger partial charge on any atom is -0.507 e. The minimum atomic E-state index is -1.58. The SMILES string of the molecule is CC(=O)Nc1ccc(NC(C)=C2C(=O)C=C3Oc4c(C(C)=O)c(O)c(C)c(O)c4[C@@]3(C)C2=O)cc1. The van der Waals surface area contributed by atoms with Gasteiger partial charge in [-0.1, -0.05) is 0 Å². The van der Waals surface area contributed by atoms with Gasteiger partial charge in [0.25, 0.3) is 0 Å². The van der Waals surface area contributed by atoms with Crippen molar-refractivity contribution >= 4 is 34.6 Å². The second-order valence-electron chi connectivity index (χ2n) is 8.77. The summed E-state index contributed by atoms with van der Waals surface area (Å²) < 4.78 is 5.76. The lowest BCUT2D eigenvalue weighted by Gasteiger charge is -2.29. The van der Waals surface area contributed by atoms with E-state index in [1.54, 1.807) is 31.2 Å². The monoisotopic (exact) mass is 476 g/mol. The predicted molar refractivity (Wildman–Crippen MR) is 128 cm³/mol. The smallest absolute Gasteiger partial charge is 0.221 e. The maximum absolute atomic E-state index is 13.8. The van der Waals surface area contributed by atoms with Crippen molar-refractivity contribution in [3.63, 3.8) is 0 Å². The van der Waals surface area contributed by atoms with Crippen molar-refractivity contribution in [3.05, 3.63) is 64.1 Å². The van der Waals surface area contributed by atoms with Crippen molar-refractivity contribution in [1.29, 1.82) is 0 Å². The number of hydrogen-bond donors (Lipinski definition) is 4. The lowest BCUT2D eigenvalue weighted by atomic mass is 9.70. The Kier molecular flexibility index (Phi) is 5.51. The summed E-state index contributed by atoms with van der Waals surface area (Å²) in [7, 11) is 0. The number of nitrogens with one attached hydrogen (secondary N) is 2. The highest BCUT2D eigenvalue weighted by molar-refractivity contribution is 6.31.